The van der Waals surface area contributed by atoms with Crippen LogP contribution in [0.1, 0.15) is 6.92 Å². The van der Waals surface area contributed by atoms with Crippen molar-refractivity contribution in [2.45, 2.75) is 6.92 Å². The van der Waals surface area contributed by atoms with Gasteiger partial charge >= 0.3 is 6.09 Å². The molecule has 0 saturated carbocycles. The summed E-state index contributed by atoms with van der Waals surface area (Å²) in [7, 11) is 2.51. The van der Waals surface area contributed by atoms with Gasteiger partial charge < -0.3 is 20.9 Å². The summed E-state index contributed by atoms with van der Waals surface area (Å²) in [5.41, 5.74) is 0.167. The van der Waals surface area contributed by atoms with Crippen molar-refractivity contribution in [3.63, 3.8) is 0 Å². The fourth-order valence-electron chi connectivity index (χ4n) is 0.964. The molecule has 0 saturated heterocycles. The van der Waals surface area contributed by atoms with Crippen LogP contribution < -0.4 is 9.90 Å². The number of nitrogens with zero attached hydrogens (tertiary/aromatic N) is 4. The number of hydrogen-bond donors (Lipinski definition) is 0. The molecule has 1 aromatic rings. The summed E-state index contributed by atoms with van der Waals surface area (Å²) in [4.78, 5) is 28.7. The van der Waals surface area contributed by atoms with Crippen molar-refractivity contribution < 1.29 is 51.9 Å². The van der Waals surface area contributed by atoms with E-state index in [0.29, 0.717) is 0 Å². The van der Waals surface area contributed by atoms with E-state index in [0.717, 1.165) is 5.06 Å². The van der Waals surface area contributed by atoms with Crippen LogP contribution in [0.15, 0.2) is 17.7 Å². The van der Waals surface area contributed by atoms with Gasteiger partial charge in [-0.05, 0) is 0 Å². The van der Waals surface area contributed by atoms with Crippen LogP contribution in [-0.4, -0.2) is 36.5 Å². The molecule has 0 aliphatic heterocycles. The Morgan fingerprint density at radius 1 is 1.50 bits per heavy atom. The molecule has 1 radical (unpaired) electrons. The first-order valence-electron chi connectivity index (χ1n) is 4.50. The Labute approximate surface area is 129 Å². The Morgan fingerprint density at radius 2 is 2.22 bits per heavy atom. The number of rotatable bonds is 4. The van der Waals surface area contributed by atoms with E-state index in [9.17, 15) is 4.79 Å². The van der Waals surface area contributed by atoms with Crippen LogP contribution in [-0.2, 0) is 42.3 Å². The normalized spacial score (nSPS) is 9.72. The Kier molecular flexibility index (Phi) is 8.35. The van der Waals surface area contributed by atoms with Crippen molar-refractivity contribution in [1.29, 1.82) is 0 Å². The second-order valence-electron chi connectivity index (χ2n) is 2.57. The molecule has 18 heavy (non-hydrogen) atoms. The molecule has 1 heterocycles. The fourth-order valence-corrected chi connectivity index (χ4v) is 0.964. The van der Waals surface area contributed by atoms with Crippen molar-refractivity contribution in [3.8, 4) is 5.88 Å². The molecule has 0 bridgehead atoms. The third kappa shape index (κ3) is 4.28. The van der Waals surface area contributed by atoms with Gasteiger partial charge in [0.15, 0.2) is 5.69 Å². The van der Waals surface area contributed by atoms with E-state index in [-0.39, 0.29) is 44.3 Å². The third-order valence-corrected chi connectivity index (χ3v) is 1.62. The maximum Gasteiger partial charge on any atom is 0.438 e. The van der Waals surface area contributed by atoms with Gasteiger partial charge in [0.1, 0.15) is 6.33 Å². The molecule has 1 rings (SSSR count). The zero-order chi connectivity index (χ0) is 12.7. The van der Waals surface area contributed by atoms with Gasteiger partial charge in [-0.25, -0.2) is 9.78 Å². The molecule has 95 valence electrons. The second-order valence-corrected chi connectivity index (χ2v) is 2.57. The van der Waals surface area contributed by atoms with Crippen LogP contribution in [0.2, 0.25) is 0 Å². The van der Waals surface area contributed by atoms with E-state index >= 15 is 0 Å². The molecular formula is C9H11N4O4Y-. The molecule has 0 fully saturated rings. The minimum Gasteiger partial charge on any atom is -0.451 e. The van der Waals surface area contributed by atoms with Gasteiger partial charge in [0.2, 0.25) is 0 Å². The monoisotopic (exact) mass is 328 g/mol. The summed E-state index contributed by atoms with van der Waals surface area (Å²) < 4.78 is 4.52. The van der Waals surface area contributed by atoms with Crippen molar-refractivity contribution in [1.82, 2.24) is 9.97 Å². The molecule has 8 nitrogen and oxygen atoms in total. The van der Waals surface area contributed by atoms with Crippen LogP contribution in [0.5, 0.6) is 5.88 Å². The Morgan fingerprint density at radius 3 is 2.78 bits per heavy atom. The van der Waals surface area contributed by atoms with E-state index in [1.54, 1.807) is 6.92 Å². The zero-order valence-electron chi connectivity index (χ0n) is 10.2. The first-order valence-corrected chi connectivity index (χ1v) is 4.50. The summed E-state index contributed by atoms with van der Waals surface area (Å²) in [5, 5.41) is 4.26. The van der Waals surface area contributed by atoms with Gasteiger partial charge in [-0.15, -0.1) is 5.06 Å². The molecule has 0 atom stereocenters. The Bertz CT molecular complexity index is 415. The van der Waals surface area contributed by atoms with Gasteiger partial charge in [0.25, 0.3) is 5.88 Å². The zero-order valence-corrected chi connectivity index (χ0v) is 13.0. The smallest absolute Gasteiger partial charge is 0.438 e. The van der Waals surface area contributed by atoms with Crippen LogP contribution in [0.3, 0.4) is 0 Å². The maximum absolute atomic E-state index is 11.4. The molecule has 0 aliphatic carbocycles. The fraction of sp³-hybridized carbons (Fsp3) is 0.333. The van der Waals surface area contributed by atoms with Crippen LogP contribution in [0.25, 0.3) is 0 Å². The number of hydrogen-bond acceptors (Lipinski definition) is 7. The second kappa shape index (κ2) is 8.90. The molecule has 0 spiro atoms. The molecule has 0 aromatic carbocycles. The van der Waals surface area contributed by atoms with E-state index in [1.165, 1.54) is 26.7 Å². The van der Waals surface area contributed by atoms with E-state index in [4.69, 9.17) is 9.68 Å². The molecule has 9 heteroatoms. The number of amides is 1. The Hall–Kier alpha value is -1.12. The predicted octanol–water partition coefficient (Wildman–Crippen LogP) is 0.870. The minimum atomic E-state index is -0.739. The first kappa shape index (κ1) is 16.9. The number of carbonyl (C=O) groups is 1. The standard InChI is InChI=1S/C9H11N4O4.Y/c1-4-12-17-8-7(5-10-6-11-8)13(16-3)9(14)15-2;/h5-6H,1-3H3;/q-1;. The summed E-state index contributed by atoms with van der Waals surface area (Å²) >= 11 is 0. The van der Waals surface area contributed by atoms with Gasteiger partial charge in [-0.2, -0.15) is 11.9 Å². The van der Waals surface area contributed by atoms with Crippen LogP contribution in [0, 0.1) is 0 Å². The number of methoxy groups -OCH3 is 1. The van der Waals surface area contributed by atoms with Crippen molar-refractivity contribution in [2.75, 3.05) is 19.3 Å². The maximum atomic E-state index is 11.4. The Balaban J connectivity index is 0.00000289. The average Bonchev–Trinajstić information content (AvgIpc) is 2.38. The molecular weight excluding hydrogens is 317 g/mol. The number of ether oxygens (including phenoxy) is 1. The third-order valence-electron chi connectivity index (χ3n) is 1.62. The average molecular weight is 328 g/mol. The number of aromatic nitrogens is 2. The van der Waals surface area contributed by atoms with Crippen molar-refractivity contribution >= 4 is 18.0 Å². The van der Waals surface area contributed by atoms with Crippen LogP contribution in [0.4, 0.5) is 10.5 Å². The van der Waals surface area contributed by atoms with Gasteiger partial charge in [-0.1, -0.05) is 0 Å². The van der Waals surface area contributed by atoms with Gasteiger partial charge in [0.05, 0.1) is 20.4 Å². The quantitative estimate of drug-likeness (QED) is 0.463. The van der Waals surface area contributed by atoms with Crippen LogP contribution >= 0.6 is 0 Å². The minimum absolute atomic E-state index is 0. The van der Waals surface area contributed by atoms with E-state index in [2.05, 4.69) is 26.1 Å². The SMILES string of the molecule is C[C-]=NOc1ncncc1N(OC)C(=O)OC.[Y]. The first-order chi connectivity index (χ1) is 8.24. The summed E-state index contributed by atoms with van der Waals surface area (Å²) in [5.74, 6) is 0.0431. The molecule has 0 N–H and O–H groups in total. The predicted molar refractivity (Wildman–Crippen MR) is 57.7 cm³/mol. The number of carbonyl (C=O) groups excluding carboxylic acids is 1. The molecule has 1 aromatic heterocycles. The van der Waals surface area contributed by atoms with Gasteiger partial charge in [-0.3, -0.25) is 4.84 Å². The van der Waals surface area contributed by atoms with Crippen molar-refractivity contribution in [3.05, 3.63) is 12.5 Å². The topological polar surface area (TPSA) is 86.1 Å². The molecule has 0 aliphatic rings. The largest absolute Gasteiger partial charge is 0.451 e. The van der Waals surface area contributed by atoms with Gasteiger partial charge in [0, 0.05) is 32.7 Å². The van der Waals surface area contributed by atoms with E-state index < -0.39 is 6.09 Å². The molecule has 1 amide bonds. The molecule has 0 unspecified atom stereocenters. The summed E-state index contributed by atoms with van der Waals surface area (Å²) in [6.07, 6.45) is 4.24. The number of hydroxylamine groups is 1. The number of anilines is 1. The van der Waals surface area contributed by atoms with Crippen molar-refractivity contribution in [2.24, 2.45) is 5.16 Å². The van der Waals surface area contributed by atoms with E-state index in [1.807, 2.05) is 0 Å². The summed E-state index contributed by atoms with van der Waals surface area (Å²) in [6.45, 7) is 1.55. The summed E-state index contributed by atoms with van der Waals surface area (Å²) in [6, 6.07) is 0.